The van der Waals surface area contributed by atoms with Gasteiger partial charge < -0.3 is 19.5 Å². The zero-order valence-corrected chi connectivity index (χ0v) is 11.9. The number of anilines is 1. The smallest absolute Gasteiger partial charge is 0.350 e. The Balaban J connectivity index is 2.99. The van der Waals surface area contributed by atoms with E-state index in [1.54, 1.807) is 11.4 Å². The summed E-state index contributed by atoms with van der Waals surface area (Å²) in [7, 11) is 3.54. The summed E-state index contributed by atoms with van der Waals surface area (Å²) in [6.07, 6.45) is 1.12. The monoisotopic (exact) mass is 299 g/mol. The van der Waals surface area contributed by atoms with Gasteiger partial charge in [0.1, 0.15) is 4.88 Å². The molecule has 0 aliphatic carbocycles. The van der Waals surface area contributed by atoms with E-state index in [0.717, 1.165) is 31.8 Å². The van der Waals surface area contributed by atoms with Gasteiger partial charge in [-0.25, -0.2) is 14.4 Å². The van der Waals surface area contributed by atoms with E-state index >= 15 is 0 Å². The van der Waals surface area contributed by atoms with Crippen LogP contribution in [0, 0.1) is 0 Å². The van der Waals surface area contributed by atoms with Gasteiger partial charge in [-0.15, -0.1) is 11.3 Å². The fourth-order valence-corrected chi connectivity index (χ4v) is 2.02. The second-order valence-electron chi connectivity index (χ2n) is 3.34. The summed E-state index contributed by atoms with van der Waals surface area (Å²) >= 11 is 1.16. The number of ether oxygens (including phenoxy) is 3. The summed E-state index contributed by atoms with van der Waals surface area (Å²) in [5, 5.41) is 4.35. The van der Waals surface area contributed by atoms with Crippen LogP contribution in [-0.2, 0) is 23.8 Å². The predicted octanol–water partition coefficient (Wildman–Crippen LogP) is 1.18. The van der Waals surface area contributed by atoms with Crippen molar-refractivity contribution in [1.29, 1.82) is 0 Å². The van der Waals surface area contributed by atoms with Gasteiger partial charge in [0.15, 0.2) is 5.57 Å². The molecule has 20 heavy (non-hydrogen) atoms. The molecule has 0 saturated carbocycles. The van der Waals surface area contributed by atoms with Crippen molar-refractivity contribution in [1.82, 2.24) is 0 Å². The van der Waals surface area contributed by atoms with Gasteiger partial charge in [-0.1, -0.05) is 0 Å². The van der Waals surface area contributed by atoms with Crippen molar-refractivity contribution in [3.63, 3.8) is 0 Å². The lowest BCUT2D eigenvalue weighted by Gasteiger charge is -2.05. The van der Waals surface area contributed by atoms with Gasteiger partial charge in [-0.3, -0.25) is 0 Å². The fraction of sp³-hybridized carbons (Fsp3) is 0.250. The number of methoxy groups -OCH3 is 3. The molecule has 1 N–H and O–H groups in total. The molecule has 0 spiro atoms. The molecule has 1 rings (SSSR count). The molecule has 0 radical (unpaired) electrons. The fourth-order valence-electron chi connectivity index (χ4n) is 1.24. The van der Waals surface area contributed by atoms with Crippen molar-refractivity contribution in [2.75, 3.05) is 26.6 Å². The highest BCUT2D eigenvalue weighted by Crippen LogP contribution is 2.23. The maximum atomic E-state index is 11.5. The van der Waals surface area contributed by atoms with Crippen LogP contribution in [0.4, 0.5) is 5.69 Å². The van der Waals surface area contributed by atoms with Crippen LogP contribution in [0.2, 0.25) is 0 Å². The minimum atomic E-state index is -0.848. The third-order valence-electron chi connectivity index (χ3n) is 2.22. The van der Waals surface area contributed by atoms with Crippen LogP contribution in [0.5, 0.6) is 0 Å². The maximum absolute atomic E-state index is 11.5. The molecule has 1 heterocycles. The van der Waals surface area contributed by atoms with Crippen molar-refractivity contribution >= 4 is 34.9 Å². The number of thiophene rings is 1. The molecule has 1 aromatic rings. The van der Waals surface area contributed by atoms with Gasteiger partial charge in [0, 0.05) is 6.20 Å². The third kappa shape index (κ3) is 3.58. The SMILES string of the molecule is COC(=O)C(=CNc1ccsc1C(=O)OC)C(=O)OC. The van der Waals surface area contributed by atoms with Gasteiger partial charge >= 0.3 is 17.9 Å². The molecule has 0 aliphatic heterocycles. The van der Waals surface area contributed by atoms with Crippen molar-refractivity contribution < 1.29 is 28.6 Å². The van der Waals surface area contributed by atoms with Crippen molar-refractivity contribution in [2.24, 2.45) is 0 Å². The zero-order chi connectivity index (χ0) is 15.1. The standard InChI is InChI=1S/C12H13NO6S/c1-17-10(14)7(11(15)18-2)6-13-8-4-5-20-9(8)12(16)19-3/h4-6,13H,1-3H3. The first-order chi connectivity index (χ1) is 9.54. The summed E-state index contributed by atoms with van der Waals surface area (Å²) in [6.45, 7) is 0. The number of esters is 3. The van der Waals surface area contributed by atoms with Crippen molar-refractivity contribution in [3.05, 3.63) is 28.1 Å². The molecule has 108 valence electrons. The van der Waals surface area contributed by atoms with Crippen LogP contribution in [0.15, 0.2) is 23.2 Å². The number of hydrogen-bond donors (Lipinski definition) is 1. The highest BCUT2D eigenvalue weighted by molar-refractivity contribution is 7.12. The molecular formula is C12H13NO6S. The van der Waals surface area contributed by atoms with Crippen LogP contribution in [-0.4, -0.2) is 39.2 Å². The van der Waals surface area contributed by atoms with E-state index < -0.39 is 17.9 Å². The Bertz CT molecular complexity index is 530. The Morgan fingerprint density at radius 1 is 1.10 bits per heavy atom. The van der Waals surface area contributed by atoms with Crippen LogP contribution in [0.25, 0.3) is 0 Å². The van der Waals surface area contributed by atoms with E-state index in [9.17, 15) is 14.4 Å². The quantitative estimate of drug-likeness (QED) is 0.287. The third-order valence-corrected chi connectivity index (χ3v) is 3.11. The molecule has 8 heteroatoms. The molecule has 7 nitrogen and oxygen atoms in total. The first-order valence-corrected chi connectivity index (χ1v) is 6.22. The Morgan fingerprint density at radius 3 is 2.20 bits per heavy atom. The Hall–Kier alpha value is -2.35. The lowest BCUT2D eigenvalue weighted by atomic mass is 10.3. The van der Waals surface area contributed by atoms with E-state index in [-0.39, 0.29) is 5.57 Å². The van der Waals surface area contributed by atoms with E-state index in [4.69, 9.17) is 0 Å². The van der Waals surface area contributed by atoms with Crippen LogP contribution in [0.3, 0.4) is 0 Å². The van der Waals surface area contributed by atoms with E-state index in [2.05, 4.69) is 19.5 Å². The predicted molar refractivity (Wildman–Crippen MR) is 71.4 cm³/mol. The van der Waals surface area contributed by atoms with Gasteiger partial charge in [0.2, 0.25) is 0 Å². The summed E-state index contributed by atoms with van der Waals surface area (Å²) in [5.41, 5.74) is 0.0872. The second kappa shape index (κ2) is 7.29. The van der Waals surface area contributed by atoms with E-state index in [1.165, 1.54) is 7.11 Å². The summed E-state index contributed by atoms with van der Waals surface area (Å²) in [6, 6.07) is 1.61. The summed E-state index contributed by atoms with van der Waals surface area (Å²) < 4.78 is 13.5. The van der Waals surface area contributed by atoms with Crippen LogP contribution < -0.4 is 5.32 Å². The molecule has 0 atom stereocenters. The van der Waals surface area contributed by atoms with Gasteiger partial charge in [-0.05, 0) is 11.4 Å². The average molecular weight is 299 g/mol. The average Bonchev–Trinajstić information content (AvgIpc) is 2.94. The van der Waals surface area contributed by atoms with E-state index in [0.29, 0.717) is 10.6 Å². The number of carbonyl (C=O) groups is 3. The van der Waals surface area contributed by atoms with E-state index in [1.807, 2.05) is 0 Å². The normalized spacial score (nSPS) is 9.35. The van der Waals surface area contributed by atoms with Gasteiger partial charge in [0.05, 0.1) is 27.0 Å². The van der Waals surface area contributed by atoms with Crippen LogP contribution >= 0.6 is 11.3 Å². The maximum Gasteiger partial charge on any atom is 0.350 e. The molecule has 0 saturated heterocycles. The molecule has 0 aromatic carbocycles. The topological polar surface area (TPSA) is 90.9 Å². The Kier molecular flexibility index (Phi) is 5.73. The summed E-state index contributed by atoms with van der Waals surface area (Å²) in [5.74, 6) is -2.22. The number of hydrogen-bond acceptors (Lipinski definition) is 8. The largest absolute Gasteiger partial charge is 0.465 e. The molecule has 0 amide bonds. The zero-order valence-electron chi connectivity index (χ0n) is 11.1. The highest BCUT2D eigenvalue weighted by atomic mass is 32.1. The molecule has 0 unspecified atom stereocenters. The lowest BCUT2D eigenvalue weighted by molar-refractivity contribution is -0.144. The first kappa shape index (κ1) is 15.7. The van der Waals surface area contributed by atoms with Gasteiger partial charge in [-0.2, -0.15) is 0 Å². The number of carbonyl (C=O) groups excluding carboxylic acids is 3. The number of nitrogens with one attached hydrogen (secondary N) is 1. The molecular weight excluding hydrogens is 286 g/mol. The van der Waals surface area contributed by atoms with Crippen molar-refractivity contribution in [2.45, 2.75) is 0 Å². The minimum Gasteiger partial charge on any atom is -0.465 e. The Morgan fingerprint density at radius 2 is 1.70 bits per heavy atom. The first-order valence-electron chi connectivity index (χ1n) is 5.34. The second-order valence-corrected chi connectivity index (χ2v) is 4.26. The van der Waals surface area contributed by atoms with Crippen molar-refractivity contribution in [3.8, 4) is 0 Å². The lowest BCUT2D eigenvalue weighted by Crippen LogP contribution is -2.17. The molecule has 0 bridgehead atoms. The summed E-state index contributed by atoms with van der Waals surface area (Å²) in [4.78, 5) is 34.6. The Labute approximate surface area is 119 Å². The minimum absolute atomic E-state index is 0.317. The number of rotatable bonds is 5. The molecule has 0 aliphatic rings. The molecule has 1 aromatic heterocycles. The van der Waals surface area contributed by atoms with Gasteiger partial charge in [0.25, 0.3) is 0 Å². The highest BCUT2D eigenvalue weighted by Gasteiger charge is 2.20. The van der Waals surface area contributed by atoms with Crippen LogP contribution in [0.1, 0.15) is 9.67 Å². The molecule has 0 fully saturated rings.